The molecule has 0 aromatic heterocycles. The van der Waals surface area contributed by atoms with Gasteiger partial charge in [-0.05, 0) is 56.0 Å². The Morgan fingerprint density at radius 3 is 1.80 bits per heavy atom. The van der Waals surface area contributed by atoms with E-state index in [-0.39, 0.29) is 0 Å². The maximum absolute atomic E-state index is 11.4. The molecule has 0 unspecified atom stereocenters. The Labute approximate surface area is 233 Å². The molecule has 1 aliphatic heterocycles. The summed E-state index contributed by atoms with van der Waals surface area (Å²) in [5.74, 6) is 4.70. The number of fused-ring (bicyclic) bond motifs is 1. The molecule has 0 radical (unpaired) electrons. The molecule has 0 bridgehead atoms. The molecule has 0 atom stereocenters. The highest BCUT2D eigenvalue weighted by Crippen LogP contribution is 2.38. The number of ether oxygens (including phenoxy) is 2. The van der Waals surface area contributed by atoms with E-state index in [0.29, 0.717) is 10.9 Å². The van der Waals surface area contributed by atoms with Gasteiger partial charge in [0.15, 0.2) is 24.9 Å². The number of nitrogens with zero attached hydrogens (tertiary/aromatic N) is 1. The fourth-order valence-electron chi connectivity index (χ4n) is 3.49. The number of rotatable bonds is 11. The molecular formula is C24H31F6NO6S3. The van der Waals surface area contributed by atoms with Crippen molar-refractivity contribution >= 4 is 41.7 Å². The Hall–Kier alpha value is -1.91. The number of sulfonamides is 2. The van der Waals surface area contributed by atoms with Gasteiger partial charge in [0.25, 0.3) is 0 Å². The van der Waals surface area contributed by atoms with Crippen LogP contribution in [0.25, 0.3) is 14.9 Å². The highest BCUT2D eigenvalue weighted by molar-refractivity contribution is 8.13. The first kappa shape index (κ1) is 34.3. The van der Waals surface area contributed by atoms with Gasteiger partial charge in [0.2, 0.25) is 0 Å². The lowest BCUT2D eigenvalue weighted by molar-refractivity contribution is -0.0444. The maximum Gasteiger partial charge on any atom is 0.480 e. The number of unbranched alkanes of at least 4 members (excludes halogenated alkanes) is 2. The van der Waals surface area contributed by atoms with E-state index in [1.54, 1.807) is 0 Å². The van der Waals surface area contributed by atoms with Crippen LogP contribution < -0.4 is 9.47 Å². The summed E-state index contributed by atoms with van der Waals surface area (Å²) in [5, 5.41) is 2.59. The molecule has 1 heterocycles. The first-order valence-corrected chi connectivity index (χ1v) is 16.8. The number of alkyl halides is 6. The summed E-state index contributed by atoms with van der Waals surface area (Å²) < 4.78 is 121. The Bertz CT molecular complexity index is 1280. The van der Waals surface area contributed by atoms with Gasteiger partial charge in [-0.15, -0.1) is 0 Å². The summed E-state index contributed by atoms with van der Waals surface area (Å²) in [7, 11) is -13.1. The number of benzene rings is 2. The Kier molecular flexibility index (Phi) is 12.3. The van der Waals surface area contributed by atoms with E-state index in [2.05, 4.69) is 44.2 Å². The monoisotopic (exact) mass is 639 g/mol. The molecule has 0 aliphatic carbocycles. The summed E-state index contributed by atoms with van der Waals surface area (Å²) >= 11 is 0. The predicted octanol–water partition coefficient (Wildman–Crippen LogP) is 7.03. The number of halogens is 6. The van der Waals surface area contributed by atoms with Crippen LogP contribution in [0.4, 0.5) is 26.3 Å². The molecule has 0 spiro atoms. The van der Waals surface area contributed by atoms with Crippen LogP contribution >= 0.6 is 0 Å². The smallest absolute Gasteiger partial charge is 0.480 e. The third-order valence-corrected chi connectivity index (χ3v) is 10.8. The lowest BCUT2D eigenvalue weighted by atomic mass is 10.1. The highest BCUT2D eigenvalue weighted by Gasteiger charge is 2.47. The Morgan fingerprint density at radius 1 is 0.775 bits per heavy atom. The average Bonchev–Trinajstić information content (AvgIpc) is 3.37. The van der Waals surface area contributed by atoms with Gasteiger partial charge < -0.3 is 13.6 Å². The van der Waals surface area contributed by atoms with Crippen LogP contribution in [0.2, 0.25) is 0 Å². The van der Waals surface area contributed by atoms with Crippen LogP contribution in [0.15, 0.2) is 35.2 Å². The highest BCUT2D eigenvalue weighted by atomic mass is 32.3. The SMILES string of the molecule is CCCCOc1ccc2c(OCCCC)ccc([S+]3CCCC3)c2c1.O=S(=O)([N-]S(=O)(=O)C(F)(F)F)C(F)(F)F. The minimum atomic E-state index is -6.72. The van der Waals surface area contributed by atoms with Gasteiger partial charge in [-0.25, -0.2) is 16.8 Å². The Morgan fingerprint density at radius 2 is 1.30 bits per heavy atom. The van der Waals surface area contributed by atoms with Gasteiger partial charge in [-0.2, -0.15) is 26.3 Å². The number of hydrogen-bond acceptors (Lipinski definition) is 6. The van der Waals surface area contributed by atoms with Crippen molar-refractivity contribution in [3.05, 3.63) is 34.5 Å². The fourth-order valence-corrected chi connectivity index (χ4v) is 7.69. The first-order chi connectivity index (χ1) is 18.5. The second-order valence-electron chi connectivity index (χ2n) is 8.70. The summed E-state index contributed by atoms with van der Waals surface area (Å²) in [6.45, 7) is 6.00. The third-order valence-electron chi connectivity index (χ3n) is 5.55. The first-order valence-electron chi connectivity index (χ1n) is 12.4. The van der Waals surface area contributed by atoms with Gasteiger partial charge in [0.05, 0.1) is 13.2 Å². The summed E-state index contributed by atoms with van der Waals surface area (Å²) in [4.78, 5) is 1.51. The summed E-state index contributed by atoms with van der Waals surface area (Å²) in [6, 6.07) is 11.1. The van der Waals surface area contributed by atoms with Crippen molar-refractivity contribution < 1.29 is 52.7 Å². The molecule has 16 heteroatoms. The van der Waals surface area contributed by atoms with Crippen LogP contribution in [-0.4, -0.2) is 52.6 Å². The zero-order valence-corrected chi connectivity index (χ0v) is 24.3. The molecule has 2 aromatic carbocycles. The Balaban J connectivity index is 0.000000323. The zero-order valence-electron chi connectivity index (χ0n) is 21.8. The second-order valence-corrected chi connectivity index (χ2v) is 14.4. The van der Waals surface area contributed by atoms with Gasteiger partial charge in [-0.1, -0.05) is 26.7 Å². The lowest BCUT2D eigenvalue weighted by Gasteiger charge is -2.22. The van der Waals surface area contributed by atoms with Crippen molar-refractivity contribution in [2.24, 2.45) is 0 Å². The van der Waals surface area contributed by atoms with E-state index < -0.39 is 31.1 Å². The van der Waals surface area contributed by atoms with Gasteiger partial charge in [0.1, 0.15) is 23.0 Å². The fraction of sp³-hybridized carbons (Fsp3) is 0.583. The third kappa shape index (κ3) is 9.31. The molecule has 3 rings (SSSR count). The van der Waals surface area contributed by atoms with E-state index in [9.17, 15) is 43.2 Å². The average molecular weight is 640 g/mol. The van der Waals surface area contributed by atoms with E-state index in [1.165, 1.54) is 40.0 Å². The van der Waals surface area contributed by atoms with E-state index in [0.717, 1.165) is 54.5 Å². The predicted molar refractivity (Wildman–Crippen MR) is 143 cm³/mol. The van der Waals surface area contributed by atoms with Crippen molar-refractivity contribution in [3.63, 3.8) is 0 Å². The second kappa shape index (κ2) is 14.3. The minimum Gasteiger partial charge on any atom is -0.494 e. The quantitative estimate of drug-likeness (QED) is 0.149. The normalized spacial score (nSPS) is 15.1. The molecule has 0 saturated carbocycles. The minimum absolute atomic E-state index is 0.392. The molecule has 0 N–H and O–H groups in total. The summed E-state index contributed by atoms with van der Waals surface area (Å²) in [6.07, 6.45) is 7.27. The maximum atomic E-state index is 11.4. The van der Waals surface area contributed by atoms with Crippen molar-refractivity contribution in [2.45, 2.75) is 68.3 Å². The van der Waals surface area contributed by atoms with Crippen LogP contribution in [0.1, 0.15) is 52.4 Å². The molecule has 7 nitrogen and oxygen atoms in total. The van der Waals surface area contributed by atoms with Gasteiger partial charge in [0, 0.05) is 21.7 Å². The molecule has 228 valence electrons. The topological polar surface area (TPSA) is 101 Å². The van der Waals surface area contributed by atoms with Crippen LogP contribution in [0.3, 0.4) is 0 Å². The van der Waals surface area contributed by atoms with Crippen LogP contribution in [-0.2, 0) is 30.9 Å². The summed E-state index contributed by atoms with van der Waals surface area (Å²) in [5.41, 5.74) is -12.4. The molecular weight excluding hydrogens is 608 g/mol. The molecule has 1 aliphatic rings. The van der Waals surface area contributed by atoms with Crippen molar-refractivity contribution in [3.8, 4) is 11.5 Å². The van der Waals surface area contributed by atoms with E-state index >= 15 is 0 Å². The van der Waals surface area contributed by atoms with Crippen LogP contribution in [0, 0.1) is 0 Å². The van der Waals surface area contributed by atoms with Gasteiger partial charge >= 0.3 is 11.0 Å². The molecule has 1 fully saturated rings. The molecule has 1 saturated heterocycles. The largest absolute Gasteiger partial charge is 0.494 e. The molecule has 40 heavy (non-hydrogen) atoms. The number of hydrogen-bond donors (Lipinski definition) is 0. The van der Waals surface area contributed by atoms with E-state index in [4.69, 9.17) is 9.47 Å². The molecule has 2 aromatic rings. The zero-order chi connectivity index (χ0) is 30.2. The van der Waals surface area contributed by atoms with Gasteiger partial charge in [-0.3, -0.25) is 0 Å². The van der Waals surface area contributed by atoms with Crippen molar-refractivity contribution in [1.82, 2.24) is 0 Å². The van der Waals surface area contributed by atoms with E-state index in [1.807, 2.05) is 0 Å². The molecule has 0 amide bonds. The standard InChI is InChI=1S/C22H31O2S.C2F6NO4S2/c1-3-5-13-23-18-9-10-19-20(17-18)22(25-15-7-8-16-25)12-11-21(19)24-14-6-4-2;3-1(4,5)14(10,11)9-15(12,13)2(6,7)8/h9-12,17H,3-8,13-16H2,1-2H3;/q+1;-1. The van der Waals surface area contributed by atoms with Crippen LogP contribution in [0.5, 0.6) is 11.5 Å². The van der Waals surface area contributed by atoms with Crippen molar-refractivity contribution in [1.29, 1.82) is 0 Å². The lowest BCUT2D eigenvalue weighted by Crippen LogP contribution is -2.30. The van der Waals surface area contributed by atoms with Crippen molar-refractivity contribution in [2.75, 3.05) is 24.7 Å².